The Labute approximate surface area is 213 Å². The summed E-state index contributed by atoms with van der Waals surface area (Å²) in [4.78, 5) is 60.2. The molecular weight excluding hydrogens is 478 g/mol. The Bertz CT molecular complexity index is 1220. The first-order chi connectivity index (χ1) is 17.7. The average molecular weight is 512 g/mol. The number of aliphatic carboxylic acids is 1. The summed E-state index contributed by atoms with van der Waals surface area (Å²) in [6.07, 6.45) is 5.07. The van der Waals surface area contributed by atoms with Crippen LogP contribution in [0.25, 0.3) is 10.9 Å². The first-order valence-electron chi connectivity index (χ1n) is 12.0. The number of carboxylic acid groups (broad SMARTS) is 1. The predicted octanol–water partition coefficient (Wildman–Crippen LogP) is 0.220. The molecule has 198 valence electrons. The van der Waals surface area contributed by atoms with Gasteiger partial charge in [0.25, 0.3) is 0 Å². The van der Waals surface area contributed by atoms with Crippen LogP contribution in [0.2, 0.25) is 0 Å². The van der Waals surface area contributed by atoms with Crippen molar-refractivity contribution in [3.05, 3.63) is 54.2 Å². The van der Waals surface area contributed by atoms with Crippen LogP contribution in [0.15, 0.2) is 43.0 Å². The van der Waals surface area contributed by atoms with Gasteiger partial charge in [0.15, 0.2) is 0 Å². The maximum Gasteiger partial charge on any atom is 0.326 e. The summed E-state index contributed by atoms with van der Waals surface area (Å²) in [6, 6.07) is 4.19. The fraction of sp³-hybridized carbons (Fsp3) is 0.400. The second-order valence-electron chi connectivity index (χ2n) is 9.26. The molecule has 0 aliphatic rings. The van der Waals surface area contributed by atoms with E-state index in [-0.39, 0.29) is 25.3 Å². The lowest BCUT2D eigenvalue weighted by Crippen LogP contribution is -2.57. The molecule has 12 nitrogen and oxygen atoms in total. The number of hydrogen-bond acceptors (Lipinski definition) is 6. The van der Waals surface area contributed by atoms with E-state index >= 15 is 0 Å². The first-order valence-corrected chi connectivity index (χ1v) is 12.0. The zero-order valence-corrected chi connectivity index (χ0v) is 20.8. The number of amides is 3. The van der Waals surface area contributed by atoms with Crippen LogP contribution in [0.3, 0.4) is 0 Å². The minimum atomic E-state index is -1.24. The van der Waals surface area contributed by atoms with Crippen LogP contribution >= 0.6 is 0 Å². The highest BCUT2D eigenvalue weighted by Gasteiger charge is 2.30. The number of fused-ring (bicyclic) bond motifs is 1. The largest absolute Gasteiger partial charge is 0.480 e. The lowest BCUT2D eigenvalue weighted by molar-refractivity contribution is -0.142. The number of carbonyl (C=O) groups excluding carboxylic acids is 3. The Morgan fingerprint density at radius 2 is 1.68 bits per heavy atom. The zero-order valence-electron chi connectivity index (χ0n) is 20.8. The molecule has 0 fully saturated rings. The van der Waals surface area contributed by atoms with Gasteiger partial charge in [-0.3, -0.25) is 14.4 Å². The van der Waals surface area contributed by atoms with Crippen LogP contribution in [0.1, 0.15) is 31.5 Å². The summed E-state index contributed by atoms with van der Waals surface area (Å²) in [5, 5.41) is 18.5. The fourth-order valence-corrected chi connectivity index (χ4v) is 4.05. The molecule has 3 amide bonds. The molecule has 0 aliphatic heterocycles. The van der Waals surface area contributed by atoms with E-state index in [4.69, 9.17) is 5.73 Å². The van der Waals surface area contributed by atoms with E-state index in [2.05, 4.69) is 30.9 Å². The number of H-pyrrole nitrogens is 2. The summed E-state index contributed by atoms with van der Waals surface area (Å²) in [5.41, 5.74) is 7.54. The number of hydrogen-bond donors (Lipinski definition) is 7. The number of carboxylic acids is 1. The van der Waals surface area contributed by atoms with E-state index < -0.39 is 41.8 Å². The summed E-state index contributed by atoms with van der Waals surface area (Å²) >= 11 is 0. The van der Waals surface area contributed by atoms with Crippen molar-refractivity contribution in [1.29, 1.82) is 0 Å². The second kappa shape index (κ2) is 12.7. The third kappa shape index (κ3) is 7.64. The average Bonchev–Trinajstić information content (AvgIpc) is 3.52. The normalized spacial score (nSPS) is 13.6. The van der Waals surface area contributed by atoms with Crippen molar-refractivity contribution in [2.75, 3.05) is 6.54 Å². The van der Waals surface area contributed by atoms with Crippen molar-refractivity contribution >= 4 is 34.6 Å². The minimum absolute atomic E-state index is 0.0379. The number of carbonyl (C=O) groups is 4. The lowest BCUT2D eigenvalue weighted by atomic mass is 10.0. The molecule has 12 heteroatoms. The van der Waals surface area contributed by atoms with Gasteiger partial charge in [-0.05, 0) is 24.0 Å². The quantitative estimate of drug-likeness (QED) is 0.170. The molecule has 3 unspecified atom stereocenters. The van der Waals surface area contributed by atoms with Gasteiger partial charge in [-0.25, -0.2) is 9.78 Å². The van der Waals surface area contributed by atoms with Crippen LogP contribution in [-0.2, 0) is 32.0 Å². The van der Waals surface area contributed by atoms with Crippen molar-refractivity contribution < 1.29 is 24.3 Å². The molecule has 0 saturated heterocycles. The highest BCUT2D eigenvalue weighted by atomic mass is 16.4. The number of imidazole rings is 1. The maximum atomic E-state index is 13.3. The summed E-state index contributed by atoms with van der Waals surface area (Å²) in [6.45, 7) is 3.51. The van der Waals surface area contributed by atoms with Gasteiger partial charge in [-0.1, -0.05) is 32.0 Å². The van der Waals surface area contributed by atoms with E-state index in [1.807, 2.05) is 38.1 Å². The van der Waals surface area contributed by atoms with Crippen molar-refractivity contribution in [1.82, 2.24) is 30.9 Å². The molecule has 1 aromatic carbocycles. The highest BCUT2D eigenvalue weighted by molar-refractivity contribution is 5.94. The lowest BCUT2D eigenvalue weighted by Gasteiger charge is -2.25. The van der Waals surface area contributed by atoms with Gasteiger partial charge >= 0.3 is 5.97 Å². The SMILES string of the molecule is CC(C)CC(NC(=O)CN)C(=O)NC(Cc1cnc[nH]1)C(=O)NC(Cc1c[nH]c2ccccc12)C(=O)O. The number of nitrogens with zero attached hydrogens (tertiary/aromatic N) is 1. The van der Waals surface area contributed by atoms with Crippen LogP contribution in [0, 0.1) is 5.92 Å². The number of aromatic nitrogens is 3. The molecule has 0 aliphatic carbocycles. The van der Waals surface area contributed by atoms with Gasteiger partial charge in [-0.15, -0.1) is 0 Å². The van der Waals surface area contributed by atoms with Crippen molar-refractivity contribution in [3.8, 4) is 0 Å². The maximum absolute atomic E-state index is 13.3. The Morgan fingerprint density at radius 3 is 2.32 bits per heavy atom. The number of rotatable bonds is 13. The van der Waals surface area contributed by atoms with Gasteiger partial charge < -0.3 is 36.8 Å². The van der Waals surface area contributed by atoms with Crippen LogP contribution in [-0.4, -0.2) is 68.4 Å². The summed E-state index contributed by atoms with van der Waals surface area (Å²) in [5.74, 6) is -2.89. The van der Waals surface area contributed by atoms with Crippen LogP contribution < -0.4 is 21.7 Å². The Kier molecular flexibility index (Phi) is 9.39. The van der Waals surface area contributed by atoms with E-state index in [9.17, 15) is 24.3 Å². The van der Waals surface area contributed by atoms with E-state index in [0.717, 1.165) is 16.5 Å². The number of aromatic amines is 2. The molecule has 0 saturated carbocycles. The van der Waals surface area contributed by atoms with Gasteiger partial charge in [0.05, 0.1) is 12.9 Å². The Hall–Kier alpha value is -4.19. The number of nitrogens with two attached hydrogens (primary N) is 1. The van der Waals surface area contributed by atoms with E-state index in [1.165, 1.54) is 12.5 Å². The molecule has 0 bridgehead atoms. The van der Waals surface area contributed by atoms with Crippen LogP contribution in [0.5, 0.6) is 0 Å². The molecule has 37 heavy (non-hydrogen) atoms. The molecule has 8 N–H and O–H groups in total. The summed E-state index contributed by atoms with van der Waals surface area (Å²) in [7, 11) is 0. The zero-order chi connectivity index (χ0) is 26.9. The number of para-hydroxylation sites is 1. The number of nitrogens with one attached hydrogen (secondary N) is 5. The Balaban J connectivity index is 1.78. The molecule has 3 atom stereocenters. The van der Waals surface area contributed by atoms with Crippen molar-refractivity contribution in [3.63, 3.8) is 0 Å². The molecule has 0 spiro atoms. The summed E-state index contributed by atoms with van der Waals surface area (Å²) < 4.78 is 0. The third-order valence-corrected chi connectivity index (χ3v) is 5.87. The predicted molar refractivity (Wildman–Crippen MR) is 136 cm³/mol. The van der Waals surface area contributed by atoms with Crippen LogP contribution in [0.4, 0.5) is 0 Å². The first kappa shape index (κ1) is 27.4. The third-order valence-electron chi connectivity index (χ3n) is 5.87. The van der Waals surface area contributed by atoms with Gasteiger partial charge in [-0.2, -0.15) is 0 Å². The van der Waals surface area contributed by atoms with Crippen molar-refractivity contribution in [2.24, 2.45) is 11.7 Å². The standard InChI is InChI=1S/C25H33N7O5/c1-14(2)7-19(30-22(33)10-26)23(34)31-20(9-16-12-27-13-29-16)24(35)32-21(25(36)37)8-15-11-28-18-6-4-3-5-17(15)18/h3-6,11-14,19-21,28H,7-10,26H2,1-2H3,(H,27,29)(H,30,33)(H,31,34)(H,32,35)(H,36,37). The van der Waals surface area contributed by atoms with E-state index in [1.54, 1.807) is 6.20 Å². The molecule has 2 aromatic heterocycles. The fourth-order valence-electron chi connectivity index (χ4n) is 4.05. The molecule has 0 radical (unpaired) electrons. The molecule has 2 heterocycles. The monoisotopic (exact) mass is 511 g/mol. The minimum Gasteiger partial charge on any atom is -0.480 e. The van der Waals surface area contributed by atoms with Crippen molar-refractivity contribution in [2.45, 2.75) is 51.2 Å². The van der Waals surface area contributed by atoms with Gasteiger partial charge in [0, 0.05) is 41.8 Å². The molecular formula is C25H33N7O5. The number of benzene rings is 1. The smallest absolute Gasteiger partial charge is 0.326 e. The topological polar surface area (TPSA) is 195 Å². The molecule has 3 rings (SSSR count). The second-order valence-corrected chi connectivity index (χ2v) is 9.26. The van der Waals surface area contributed by atoms with Gasteiger partial charge in [0.1, 0.15) is 18.1 Å². The van der Waals surface area contributed by atoms with E-state index in [0.29, 0.717) is 12.1 Å². The molecule has 3 aromatic rings. The van der Waals surface area contributed by atoms with Gasteiger partial charge in [0.2, 0.25) is 17.7 Å². The highest BCUT2D eigenvalue weighted by Crippen LogP contribution is 2.19. The Morgan fingerprint density at radius 1 is 0.973 bits per heavy atom.